The fourth-order valence-corrected chi connectivity index (χ4v) is 6.29. The number of carbonyl (C=O) groups is 1. The van der Waals surface area contributed by atoms with E-state index in [1.807, 2.05) is 6.07 Å². The van der Waals surface area contributed by atoms with Crippen LogP contribution in [0.25, 0.3) is 0 Å². The van der Waals surface area contributed by atoms with Gasteiger partial charge in [0.15, 0.2) is 0 Å². The van der Waals surface area contributed by atoms with Crippen molar-refractivity contribution < 1.29 is 14.1 Å². The van der Waals surface area contributed by atoms with E-state index in [-0.39, 0.29) is 23.3 Å². The van der Waals surface area contributed by atoms with E-state index in [2.05, 4.69) is 111 Å². The third-order valence-electron chi connectivity index (χ3n) is 8.69. The van der Waals surface area contributed by atoms with E-state index in [0.717, 1.165) is 19.3 Å². The lowest BCUT2D eigenvalue weighted by Crippen LogP contribution is -2.52. The summed E-state index contributed by atoms with van der Waals surface area (Å²) in [5.74, 6) is 0.774. The van der Waals surface area contributed by atoms with E-state index in [4.69, 9.17) is 4.74 Å². The van der Waals surface area contributed by atoms with Gasteiger partial charge < -0.3 is 4.74 Å². The molecule has 4 rings (SSSR count). The smallest absolute Gasteiger partial charge is 0.274 e. The topological polar surface area (TPSA) is 35.1 Å². The number of benzene rings is 2. The van der Waals surface area contributed by atoms with E-state index >= 15 is 0 Å². The molecule has 1 saturated carbocycles. The normalized spacial score (nSPS) is 21.5. The molecule has 1 heterocycles. The summed E-state index contributed by atoms with van der Waals surface area (Å²) in [6.07, 6.45) is 8.06. The Balaban J connectivity index is 1.58. The van der Waals surface area contributed by atoms with Crippen molar-refractivity contribution in [3.05, 3.63) is 84.2 Å². The Kier molecular flexibility index (Phi) is 7.83. The number of esters is 1. The number of hydrogen-bond donors (Lipinski definition) is 0. The maximum atomic E-state index is 13.9. The van der Waals surface area contributed by atoms with Crippen LogP contribution in [0.3, 0.4) is 0 Å². The fraction of sp³-hybridized carbons (Fsp3) is 0.467. The van der Waals surface area contributed by atoms with Crippen molar-refractivity contribution in [1.29, 1.82) is 0 Å². The second-order valence-electron chi connectivity index (χ2n) is 11.5. The molecular weight excluding hydrogens is 431 g/mol. The molecule has 5 heteroatoms. The number of carbonyl (C=O) groups excluding carboxylic acids is 1. The van der Waals surface area contributed by atoms with Crippen molar-refractivity contribution in [2.24, 2.45) is 25.9 Å². The molecule has 1 fully saturated rings. The van der Waals surface area contributed by atoms with Crippen molar-refractivity contribution in [2.75, 3.05) is 0 Å². The molecule has 4 atom stereocenters. The first-order chi connectivity index (χ1) is 16.8. The third kappa shape index (κ3) is 5.88. The number of rotatable bonds is 8. The van der Waals surface area contributed by atoms with Gasteiger partial charge in [-0.05, 0) is 36.2 Å². The van der Waals surface area contributed by atoms with E-state index in [1.54, 1.807) is 0 Å². The predicted octanol–water partition coefficient (Wildman–Crippen LogP) is 4.00. The Morgan fingerprint density at radius 3 is 2.40 bits per heavy atom. The van der Waals surface area contributed by atoms with Gasteiger partial charge in [-0.1, -0.05) is 99.2 Å². The summed E-state index contributed by atoms with van der Waals surface area (Å²) in [5.41, 5.74) is 3.72. The Hall–Kier alpha value is -2.82. The second kappa shape index (κ2) is 10.8. The molecule has 3 aromatic rings. The van der Waals surface area contributed by atoms with E-state index in [1.165, 1.54) is 23.3 Å². The standard InChI is InChI=1S/C30H41BN2O2/c1-22-16-17-25(30(2,3)24-14-10-7-11-15-24)27(20-22)35-28(34)26(21-23-12-8-6-9-13-23)31-29-32(4)18-19-33(29)5/h6-15,18-19,22,25-27H,16-17,20-21,31H2,1-5H3/t22-,25-,26+,27-/m1/s1. The van der Waals surface area contributed by atoms with Crippen LogP contribution in [-0.4, -0.2) is 23.9 Å². The summed E-state index contributed by atoms with van der Waals surface area (Å²) in [4.78, 5) is 13.9. The molecule has 1 aliphatic rings. The number of nitrogens with zero attached hydrogens (tertiary/aromatic N) is 2. The molecule has 1 aromatic heterocycles. The maximum absolute atomic E-state index is 13.9. The van der Waals surface area contributed by atoms with Gasteiger partial charge in [0.2, 0.25) is 0 Å². The highest BCUT2D eigenvalue weighted by atomic mass is 16.5. The molecule has 0 unspecified atom stereocenters. The molecule has 1 aliphatic carbocycles. The zero-order valence-corrected chi connectivity index (χ0v) is 22.3. The highest BCUT2D eigenvalue weighted by Crippen LogP contribution is 2.44. The minimum Gasteiger partial charge on any atom is -0.464 e. The summed E-state index contributed by atoms with van der Waals surface area (Å²) in [7, 11) is 3.39. The number of ether oxygens (including phenoxy) is 1. The van der Waals surface area contributed by atoms with Crippen molar-refractivity contribution in [2.45, 2.75) is 63.8 Å². The van der Waals surface area contributed by atoms with Crippen LogP contribution in [0.4, 0.5) is 0 Å². The van der Waals surface area contributed by atoms with E-state index in [9.17, 15) is 4.79 Å². The lowest BCUT2D eigenvalue weighted by molar-refractivity contribution is -0.653. The first kappa shape index (κ1) is 25.3. The van der Waals surface area contributed by atoms with Gasteiger partial charge in [-0.3, -0.25) is 13.9 Å². The summed E-state index contributed by atoms with van der Waals surface area (Å²) in [5, 5.41) is 0. The molecule has 0 aliphatic heterocycles. The first-order valence-electron chi connectivity index (χ1n) is 13.4. The molecule has 2 aromatic carbocycles. The lowest BCUT2D eigenvalue weighted by Gasteiger charge is -2.44. The number of hydrogen-bond acceptors (Lipinski definition) is 2. The summed E-state index contributed by atoms with van der Waals surface area (Å²) in [6, 6.07) is 21.1. The highest BCUT2D eigenvalue weighted by Gasteiger charge is 2.42. The minimum atomic E-state index is -0.757. The third-order valence-corrected chi connectivity index (χ3v) is 8.69. The van der Waals surface area contributed by atoms with Crippen LogP contribution < -0.4 is 10.3 Å². The Morgan fingerprint density at radius 1 is 1.11 bits per heavy atom. The SMILES string of the molecule is C[C@@H]1CC[C@@H](C(C)(C)c2ccccc2)[C@H](OC(=O)[C@@H]([BH2-]c2n(C)cc[n+]2C)Cc2ccccc2)C1. The van der Waals surface area contributed by atoms with Gasteiger partial charge in [-0.25, -0.2) is 0 Å². The van der Waals surface area contributed by atoms with Gasteiger partial charge in [-0.15, -0.1) is 0 Å². The van der Waals surface area contributed by atoms with Crippen LogP contribution in [0, 0.1) is 11.8 Å². The molecule has 186 valence electrons. The zero-order valence-electron chi connectivity index (χ0n) is 22.3. The summed E-state index contributed by atoms with van der Waals surface area (Å²) < 4.78 is 10.8. The largest absolute Gasteiger partial charge is 0.464 e. The average Bonchev–Trinajstić information content (AvgIpc) is 3.16. The van der Waals surface area contributed by atoms with Gasteiger partial charge in [0, 0.05) is 5.92 Å². The van der Waals surface area contributed by atoms with Crippen molar-refractivity contribution in [3.63, 3.8) is 0 Å². The van der Waals surface area contributed by atoms with Crippen LogP contribution in [-0.2, 0) is 35.5 Å². The Labute approximate surface area is 211 Å². The molecule has 0 saturated heterocycles. The van der Waals surface area contributed by atoms with E-state index in [0.29, 0.717) is 11.8 Å². The zero-order chi connectivity index (χ0) is 25.0. The van der Waals surface area contributed by atoms with Crippen LogP contribution in [0.15, 0.2) is 73.1 Å². The van der Waals surface area contributed by atoms with Gasteiger partial charge in [0.05, 0.1) is 19.8 Å². The Bertz CT molecular complexity index is 1090. The van der Waals surface area contributed by atoms with Crippen molar-refractivity contribution in [3.8, 4) is 0 Å². The molecule has 0 bridgehead atoms. The monoisotopic (exact) mass is 472 g/mol. The molecule has 0 amide bonds. The minimum absolute atomic E-state index is 0.0111. The molecule has 0 spiro atoms. The second-order valence-corrected chi connectivity index (χ2v) is 11.5. The van der Waals surface area contributed by atoms with Crippen LogP contribution in [0.1, 0.15) is 51.2 Å². The van der Waals surface area contributed by atoms with Gasteiger partial charge in [0.1, 0.15) is 25.8 Å². The summed E-state index contributed by atoms with van der Waals surface area (Å²) in [6.45, 7) is 6.94. The highest BCUT2D eigenvalue weighted by molar-refractivity contribution is 6.56. The maximum Gasteiger partial charge on any atom is 0.274 e. The quantitative estimate of drug-likeness (QED) is 0.282. The first-order valence-corrected chi connectivity index (χ1v) is 13.4. The molecular formula is C30H41BN2O2. The van der Waals surface area contributed by atoms with Crippen LogP contribution >= 0.6 is 0 Å². The fourth-order valence-electron chi connectivity index (χ4n) is 6.29. The molecule has 0 radical (unpaired) electrons. The van der Waals surface area contributed by atoms with Crippen molar-refractivity contribution in [1.82, 2.24) is 4.57 Å². The van der Waals surface area contributed by atoms with Crippen LogP contribution in [0.2, 0.25) is 5.82 Å². The van der Waals surface area contributed by atoms with Gasteiger partial charge in [0.25, 0.3) is 5.97 Å². The van der Waals surface area contributed by atoms with E-state index < -0.39 is 7.28 Å². The molecule has 35 heavy (non-hydrogen) atoms. The molecule has 4 nitrogen and oxygen atoms in total. The number of aryl methyl sites for hydroxylation is 2. The van der Waals surface area contributed by atoms with Crippen molar-refractivity contribution >= 4 is 19.0 Å². The van der Waals surface area contributed by atoms with Crippen LogP contribution in [0.5, 0.6) is 0 Å². The predicted molar refractivity (Wildman–Crippen MR) is 145 cm³/mol. The number of imidazole rings is 1. The molecule has 0 N–H and O–H groups in total. The summed E-state index contributed by atoms with van der Waals surface area (Å²) >= 11 is 0. The lowest BCUT2D eigenvalue weighted by atomic mass is 9.60. The van der Waals surface area contributed by atoms with Gasteiger partial charge >= 0.3 is 0 Å². The van der Waals surface area contributed by atoms with Gasteiger partial charge in [-0.2, -0.15) is 0 Å². The number of aromatic nitrogens is 2. The Morgan fingerprint density at radius 2 is 1.77 bits per heavy atom. The average molecular weight is 472 g/mol.